The number of nitrogens with zero attached hydrogens (tertiary/aromatic N) is 1. The zero-order valence-electron chi connectivity index (χ0n) is 31.5. The van der Waals surface area contributed by atoms with Crippen molar-refractivity contribution >= 4 is 54.9 Å². The number of aliphatic hydroxyl groups excluding tert-OH is 3. The highest BCUT2D eigenvalue weighted by Crippen LogP contribution is 2.75. The first-order valence-electron chi connectivity index (χ1n) is 20.1. The van der Waals surface area contributed by atoms with E-state index in [-0.39, 0.29) is 65.1 Å². The third-order valence-corrected chi connectivity index (χ3v) is 20.1. The zero-order chi connectivity index (χ0) is 37.5. The van der Waals surface area contributed by atoms with Crippen LogP contribution in [0.15, 0.2) is 64.7 Å². The molecule has 11 heteroatoms. The van der Waals surface area contributed by atoms with Crippen molar-refractivity contribution in [3.05, 3.63) is 81.9 Å². The van der Waals surface area contributed by atoms with Crippen LogP contribution in [0, 0.1) is 40.4 Å². The van der Waals surface area contributed by atoms with Crippen LogP contribution in [0.5, 0.6) is 0 Å². The van der Waals surface area contributed by atoms with Gasteiger partial charge in [0.2, 0.25) is 0 Å². The van der Waals surface area contributed by atoms with Crippen molar-refractivity contribution in [3.8, 4) is 0 Å². The van der Waals surface area contributed by atoms with E-state index >= 15 is 0 Å². The number of fused-ring (bicyclic) bond motifs is 3. The van der Waals surface area contributed by atoms with Crippen LogP contribution in [0.4, 0.5) is 0 Å². The number of guanidine groups is 1. The predicted octanol–water partition coefficient (Wildman–Crippen LogP) is 7.54. The number of allylic oxidation sites excluding steroid dienone is 2. The predicted molar refractivity (Wildman–Crippen MR) is 227 cm³/mol. The van der Waals surface area contributed by atoms with E-state index < -0.39 is 0 Å². The Morgan fingerprint density at radius 2 is 1.87 bits per heavy atom. The first kappa shape index (κ1) is 39.2. The summed E-state index contributed by atoms with van der Waals surface area (Å²) in [6.45, 7) is 3.42. The summed E-state index contributed by atoms with van der Waals surface area (Å²) in [7, 11) is 7.84. The van der Waals surface area contributed by atoms with E-state index in [2.05, 4.69) is 60.8 Å². The van der Waals surface area contributed by atoms with Crippen LogP contribution in [0.2, 0.25) is 0 Å². The van der Waals surface area contributed by atoms with Gasteiger partial charge in [-0.15, -0.1) is 0 Å². The van der Waals surface area contributed by atoms with E-state index in [1.807, 2.05) is 43.2 Å². The number of nitrogens with one attached hydrogen (secondary N) is 1. The second-order valence-electron chi connectivity index (χ2n) is 17.3. The Kier molecular flexibility index (Phi) is 11.9. The highest BCUT2D eigenvalue weighted by Gasteiger charge is 2.69. The van der Waals surface area contributed by atoms with Gasteiger partial charge in [0.25, 0.3) is 0 Å². The molecule has 54 heavy (non-hydrogen) atoms. The molecular formula is C43H57N3O4S4. The van der Waals surface area contributed by atoms with E-state index in [0.717, 1.165) is 79.8 Å². The molecule has 2 fully saturated rings. The van der Waals surface area contributed by atoms with Crippen LogP contribution < -0.4 is 11.1 Å². The molecule has 7 nitrogen and oxygen atoms in total. The molecule has 0 amide bonds. The minimum Gasteiger partial charge on any atom is -0.396 e. The average molecular weight is 808 g/mol. The minimum absolute atomic E-state index is 0.00360. The summed E-state index contributed by atoms with van der Waals surface area (Å²) in [5.41, 5.74) is 13.3. The number of rotatable bonds is 7. The summed E-state index contributed by atoms with van der Waals surface area (Å²) in [5.74, 6) is 4.90. The number of Topliss-reactive ketones (excluding diaryl/α,β-unsaturated/α-hetero) is 1. The van der Waals surface area contributed by atoms with Gasteiger partial charge in [0.1, 0.15) is 0 Å². The lowest BCUT2D eigenvalue weighted by atomic mass is 9.47. The number of hydrogen-bond donors (Lipinski definition) is 5. The van der Waals surface area contributed by atoms with Crippen molar-refractivity contribution in [2.24, 2.45) is 51.1 Å². The Morgan fingerprint density at radius 3 is 2.67 bits per heavy atom. The number of carbonyl (C=O) groups excluding carboxylic acids is 1. The van der Waals surface area contributed by atoms with Crippen LogP contribution in [0.1, 0.15) is 85.8 Å². The minimum atomic E-state index is -0.326. The maximum Gasteiger partial charge on any atom is 0.189 e. The highest BCUT2D eigenvalue weighted by molar-refractivity contribution is 8.77. The normalized spacial score (nSPS) is 36.7. The first-order chi connectivity index (χ1) is 26.2. The molecule has 6 aliphatic rings. The van der Waals surface area contributed by atoms with Gasteiger partial charge in [-0.2, -0.15) is 0 Å². The van der Waals surface area contributed by atoms with Crippen LogP contribution in [0.25, 0.3) is 0 Å². The Bertz CT molecular complexity index is 1760. The van der Waals surface area contributed by atoms with Crippen LogP contribution in [-0.2, 0) is 24.2 Å². The first-order valence-corrected chi connectivity index (χ1v) is 24.9. The van der Waals surface area contributed by atoms with E-state index in [0.29, 0.717) is 37.0 Å². The lowest BCUT2D eigenvalue weighted by Gasteiger charge is -2.57. The summed E-state index contributed by atoms with van der Waals surface area (Å²) in [5, 5.41) is 35.4. The van der Waals surface area contributed by atoms with Crippen molar-refractivity contribution in [1.82, 2.24) is 5.32 Å². The van der Waals surface area contributed by atoms with Gasteiger partial charge in [0.15, 0.2) is 11.7 Å². The second-order valence-corrected chi connectivity index (χ2v) is 22.5. The molecular weight excluding hydrogens is 751 g/mol. The van der Waals surface area contributed by atoms with Crippen molar-refractivity contribution in [1.29, 1.82) is 0 Å². The number of benzene rings is 2. The Balaban J connectivity index is 1.22. The molecule has 9 atom stereocenters. The van der Waals surface area contributed by atoms with Crippen molar-refractivity contribution in [2.75, 3.05) is 37.0 Å². The van der Waals surface area contributed by atoms with Gasteiger partial charge in [0.05, 0.1) is 12.1 Å². The number of aliphatic hydroxyl groups is 3. The maximum atomic E-state index is 14.7. The molecule has 0 radical (unpaired) electrons. The van der Waals surface area contributed by atoms with Gasteiger partial charge in [-0.3, -0.25) is 9.79 Å². The molecule has 292 valence electrons. The second kappa shape index (κ2) is 16.3. The Hall–Kier alpha value is -1.60. The average Bonchev–Trinajstić information content (AvgIpc) is 3.50. The summed E-state index contributed by atoms with van der Waals surface area (Å²) >= 11 is 0. The smallest absolute Gasteiger partial charge is 0.189 e. The van der Waals surface area contributed by atoms with Crippen LogP contribution >= 0.6 is 43.2 Å². The molecule has 3 aliphatic carbocycles. The van der Waals surface area contributed by atoms with Gasteiger partial charge in [0, 0.05) is 60.0 Å². The molecule has 0 saturated heterocycles. The number of carbonyl (C=O) groups is 1. The molecule has 8 rings (SSSR count). The summed E-state index contributed by atoms with van der Waals surface area (Å²) in [6, 6.07) is 17.5. The maximum absolute atomic E-state index is 14.7. The molecule has 2 spiro atoms. The fraction of sp³-hybridized carbons (Fsp3) is 0.628. The molecule has 2 aromatic carbocycles. The lowest BCUT2D eigenvalue weighted by Crippen LogP contribution is -2.62. The lowest BCUT2D eigenvalue weighted by molar-refractivity contribution is -0.125. The number of hydrogen-bond acceptors (Lipinski definition) is 11. The van der Waals surface area contributed by atoms with Crippen LogP contribution in [0.3, 0.4) is 0 Å². The van der Waals surface area contributed by atoms with Crippen molar-refractivity contribution in [3.63, 3.8) is 0 Å². The van der Waals surface area contributed by atoms with Gasteiger partial charge in [-0.05, 0) is 115 Å². The fourth-order valence-electron chi connectivity index (χ4n) is 11.9. The van der Waals surface area contributed by atoms with Crippen LogP contribution in [-0.4, -0.2) is 69.6 Å². The highest BCUT2D eigenvalue weighted by atomic mass is 33.1. The molecule has 2 saturated carbocycles. The standard InChI is InChI=1S/C43H57N3O4S4/c1-41-11-13-51-53-26-42-20-28(14-35-37-19-33(41)18-32(24-49)36(8-5-12-47)43(37,41)21-38(35)50)25-52-54-39(15-27-6-3-2-4-7-27)29-9-10-30(23-48)31(16-29)17-34(42)22-45-40(44)46-42/h2-4,6-7,9-10,16,28,32-34,36,39,47-49H,5,8,11-15,17-26H2,1H3,(H3,44,45,46)/t28-,32+,33+,34+,36+,39-,41-,42+,43-/m0/s1. The number of nitrogens with two attached hydrogens (primary N) is 1. The molecule has 0 unspecified atom stereocenters. The molecule has 2 aromatic rings. The van der Waals surface area contributed by atoms with Crippen molar-refractivity contribution < 1.29 is 20.1 Å². The van der Waals surface area contributed by atoms with E-state index in [4.69, 9.17) is 10.7 Å². The van der Waals surface area contributed by atoms with Gasteiger partial charge >= 0.3 is 0 Å². The Morgan fingerprint density at radius 1 is 1.02 bits per heavy atom. The third kappa shape index (κ3) is 7.02. The molecule has 3 aliphatic heterocycles. The fourth-order valence-corrected chi connectivity index (χ4v) is 17.8. The van der Waals surface area contributed by atoms with E-state index in [1.54, 1.807) is 0 Å². The monoisotopic (exact) mass is 807 g/mol. The van der Waals surface area contributed by atoms with Gasteiger partial charge < -0.3 is 26.4 Å². The quantitative estimate of drug-likeness (QED) is 0.179. The van der Waals surface area contributed by atoms with Gasteiger partial charge in [-0.25, -0.2) is 0 Å². The van der Waals surface area contributed by atoms with E-state index in [1.165, 1.54) is 22.3 Å². The third-order valence-electron chi connectivity index (χ3n) is 14.6. The molecule has 3 heterocycles. The van der Waals surface area contributed by atoms with E-state index in [9.17, 15) is 20.1 Å². The molecule has 0 aromatic heterocycles. The van der Waals surface area contributed by atoms with Crippen molar-refractivity contribution in [2.45, 2.75) is 88.5 Å². The molecule has 6 N–H and O–H groups in total. The topological polar surface area (TPSA) is 128 Å². The van der Waals surface area contributed by atoms with Gasteiger partial charge in [-0.1, -0.05) is 104 Å². The summed E-state index contributed by atoms with van der Waals surface area (Å²) in [4.78, 5) is 19.5. The largest absolute Gasteiger partial charge is 0.396 e. The summed E-state index contributed by atoms with van der Waals surface area (Å²) < 4.78 is 0. The molecule has 9 bridgehead atoms. The SMILES string of the molecule is C[C@]12CCSSC[C@]34C[C@@H](CSS[C@@H](Cc5ccccc5)c5ccc(CO)c(c5)C[C@@H]3CN=C(N)N4)CC3=C4C[C@H]1C[C@H](CO)[C@@H](CCCO)[C@@]42CC3=O. The Labute approximate surface area is 337 Å². The number of aliphatic imine (C=N–C) groups is 1. The number of ketones is 1. The zero-order valence-corrected chi connectivity index (χ0v) is 34.8. The summed E-state index contributed by atoms with van der Waals surface area (Å²) in [6.07, 6.45) is 8.53.